The van der Waals surface area contributed by atoms with Crippen molar-refractivity contribution in [2.24, 2.45) is 0 Å². The number of hydrogen-bond donors (Lipinski definition) is 1. The molecule has 1 aliphatic rings. The minimum atomic E-state index is -0.582. The summed E-state index contributed by atoms with van der Waals surface area (Å²) in [5, 5.41) is 7.07. The smallest absolute Gasteiger partial charge is 0.341 e. The van der Waals surface area contributed by atoms with E-state index in [0.717, 1.165) is 28.2 Å². The second-order valence-electron chi connectivity index (χ2n) is 7.57. The Balaban J connectivity index is 1.68. The number of fused-ring (bicyclic) bond motifs is 3. The van der Waals surface area contributed by atoms with Crippen molar-refractivity contribution in [1.29, 1.82) is 0 Å². The predicted molar refractivity (Wildman–Crippen MR) is 123 cm³/mol. The van der Waals surface area contributed by atoms with Gasteiger partial charge in [-0.1, -0.05) is 12.1 Å². The minimum Gasteiger partial charge on any atom is -0.497 e. The SMILES string of the molecule is CCOC(=O)c1c(NC(=O)c2noc3c2CCc2cc(OC)ccc2-3)sc(C(=O)CC)c1C. The first-order valence-corrected chi connectivity index (χ1v) is 11.5. The van der Waals surface area contributed by atoms with Gasteiger partial charge in [-0.15, -0.1) is 11.3 Å². The van der Waals surface area contributed by atoms with Gasteiger partial charge in [-0.3, -0.25) is 9.59 Å². The van der Waals surface area contributed by atoms with Gasteiger partial charge in [0, 0.05) is 17.5 Å². The summed E-state index contributed by atoms with van der Waals surface area (Å²) in [5.74, 6) is 0.126. The molecule has 172 valence electrons. The van der Waals surface area contributed by atoms with E-state index in [1.807, 2.05) is 18.2 Å². The lowest BCUT2D eigenvalue weighted by Gasteiger charge is -2.15. The summed E-state index contributed by atoms with van der Waals surface area (Å²) in [5.41, 5.74) is 3.51. The summed E-state index contributed by atoms with van der Waals surface area (Å²) in [7, 11) is 1.61. The standard InChI is InChI=1S/C24H24N2O6S/c1-5-17(27)21-12(3)18(24(29)31-6-2)23(33-21)25-22(28)19-16-9-7-13-11-14(30-4)8-10-15(13)20(16)32-26-19/h8,10-11H,5-7,9H2,1-4H3,(H,25,28). The number of rotatable bonds is 7. The number of esters is 1. The number of amides is 1. The molecule has 0 spiro atoms. The number of benzene rings is 1. The fourth-order valence-corrected chi connectivity index (χ4v) is 5.16. The molecule has 0 radical (unpaired) electrons. The first kappa shape index (κ1) is 22.7. The maximum absolute atomic E-state index is 13.2. The van der Waals surface area contributed by atoms with Crippen molar-refractivity contribution in [3.05, 3.63) is 51.0 Å². The highest BCUT2D eigenvalue weighted by Crippen LogP contribution is 2.38. The Morgan fingerprint density at radius 3 is 2.70 bits per heavy atom. The average molecular weight is 469 g/mol. The van der Waals surface area contributed by atoms with Crippen molar-refractivity contribution in [2.75, 3.05) is 19.0 Å². The highest BCUT2D eigenvalue weighted by atomic mass is 32.1. The van der Waals surface area contributed by atoms with Crippen LogP contribution in [0.25, 0.3) is 11.3 Å². The van der Waals surface area contributed by atoms with Crippen LogP contribution in [-0.2, 0) is 17.6 Å². The maximum Gasteiger partial charge on any atom is 0.341 e. The average Bonchev–Trinajstić information content (AvgIpc) is 3.39. The van der Waals surface area contributed by atoms with Crippen molar-refractivity contribution in [3.8, 4) is 17.1 Å². The van der Waals surface area contributed by atoms with Gasteiger partial charge in [0.25, 0.3) is 5.91 Å². The van der Waals surface area contributed by atoms with E-state index in [2.05, 4.69) is 10.5 Å². The van der Waals surface area contributed by atoms with E-state index in [-0.39, 0.29) is 35.1 Å². The zero-order chi connectivity index (χ0) is 23.7. The number of nitrogens with zero attached hydrogens (tertiary/aromatic N) is 1. The quantitative estimate of drug-likeness (QED) is 0.390. The van der Waals surface area contributed by atoms with Crippen molar-refractivity contribution < 1.29 is 28.4 Å². The number of methoxy groups -OCH3 is 1. The molecule has 0 saturated carbocycles. The minimum absolute atomic E-state index is 0.102. The Hall–Kier alpha value is -3.46. The number of hydrogen-bond acceptors (Lipinski definition) is 8. The van der Waals surface area contributed by atoms with Gasteiger partial charge >= 0.3 is 5.97 Å². The number of ether oxygens (including phenoxy) is 2. The molecule has 2 heterocycles. The number of ketones is 1. The molecule has 1 N–H and O–H groups in total. The first-order chi connectivity index (χ1) is 15.9. The summed E-state index contributed by atoms with van der Waals surface area (Å²) >= 11 is 1.07. The van der Waals surface area contributed by atoms with E-state index < -0.39 is 11.9 Å². The zero-order valence-electron chi connectivity index (χ0n) is 18.9. The predicted octanol–water partition coefficient (Wildman–Crippen LogP) is 4.84. The molecule has 0 saturated heterocycles. The van der Waals surface area contributed by atoms with Crippen LogP contribution in [0.2, 0.25) is 0 Å². The number of aryl methyl sites for hydroxylation is 1. The van der Waals surface area contributed by atoms with E-state index in [4.69, 9.17) is 14.0 Å². The summed E-state index contributed by atoms with van der Waals surface area (Å²) in [4.78, 5) is 38.5. The molecular weight excluding hydrogens is 444 g/mol. The third-order valence-corrected chi connectivity index (χ3v) is 6.88. The van der Waals surface area contributed by atoms with E-state index in [1.54, 1.807) is 27.9 Å². The van der Waals surface area contributed by atoms with Crippen LogP contribution in [0, 0.1) is 6.92 Å². The molecule has 1 aliphatic carbocycles. The third-order valence-electron chi connectivity index (χ3n) is 5.63. The molecule has 4 rings (SSSR count). The molecule has 1 aromatic carbocycles. The highest BCUT2D eigenvalue weighted by Gasteiger charge is 2.31. The zero-order valence-corrected chi connectivity index (χ0v) is 19.7. The Kier molecular flexibility index (Phi) is 6.33. The second-order valence-corrected chi connectivity index (χ2v) is 8.59. The van der Waals surface area contributed by atoms with E-state index in [0.29, 0.717) is 34.6 Å². The van der Waals surface area contributed by atoms with Gasteiger partial charge in [0.2, 0.25) is 0 Å². The highest BCUT2D eigenvalue weighted by molar-refractivity contribution is 7.18. The van der Waals surface area contributed by atoms with E-state index in [1.165, 1.54) is 0 Å². The summed E-state index contributed by atoms with van der Waals surface area (Å²) < 4.78 is 16.0. The Morgan fingerprint density at radius 1 is 1.21 bits per heavy atom. The normalized spacial score (nSPS) is 12.0. The summed E-state index contributed by atoms with van der Waals surface area (Å²) in [6, 6.07) is 5.68. The molecule has 0 atom stereocenters. The summed E-state index contributed by atoms with van der Waals surface area (Å²) in [6.07, 6.45) is 1.58. The van der Waals surface area contributed by atoms with Gasteiger partial charge in [0.1, 0.15) is 10.8 Å². The number of Topliss-reactive ketones (excluding diaryl/α,β-unsaturated/α-hetero) is 1. The van der Waals surface area contributed by atoms with Crippen LogP contribution in [0.3, 0.4) is 0 Å². The van der Waals surface area contributed by atoms with Gasteiger partial charge in [0.15, 0.2) is 17.2 Å². The lowest BCUT2D eigenvalue weighted by molar-refractivity contribution is 0.0527. The van der Waals surface area contributed by atoms with Crippen LogP contribution in [0.4, 0.5) is 5.00 Å². The molecular formula is C24H24N2O6S. The van der Waals surface area contributed by atoms with Crippen molar-refractivity contribution in [3.63, 3.8) is 0 Å². The Labute approximate surface area is 194 Å². The van der Waals surface area contributed by atoms with Gasteiger partial charge in [0.05, 0.1) is 24.2 Å². The van der Waals surface area contributed by atoms with Crippen LogP contribution < -0.4 is 10.1 Å². The molecule has 8 nitrogen and oxygen atoms in total. The van der Waals surface area contributed by atoms with Crippen LogP contribution >= 0.6 is 11.3 Å². The van der Waals surface area contributed by atoms with Gasteiger partial charge in [-0.2, -0.15) is 0 Å². The molecule has 9 heteroatoms. The van der Waals surface area contributed by atoms with Crippen molar-refractivity contribution in [1.82, 2.24) is 5.16 Å². The van der Waals surface area contributed by atoms with Crippen LogP contribution in [0.15, 0.2) is 22.7 Å². The van der Waals surface area contributed by atoms with Gasteiger partial charge < -0.3 is 19.3 Å². The number of carbonyl (C=O) groups excluding carboxylic acids is 3. The monoisotopic (exact) mass is 468 g/mol. The number of thiophene rings is 1. The second kappa shape index (κ2) is 9.19. The van der Waals surface area contributed by atoms with Crippen molar-refractivity contribution >= 4 is 34.0 Å². The third kappa shape index (κ3) is 4.04. The molecule has 0 fully saturated rings. The molecule has 0 aliphatic heterocycles. The van der Waals surface area contributed by atoms with E-state index >= 15 is 0 Å². The van der Waals surface area contributed by atoms with Gasteiger partial charge in [-0.25, -0.2) is 4.79 Å². The lowest BCUT2D eigenvalue weighted by atomic mass is 9.89. The molecule has 0 unspecified atom stereocenters. The fourth-order valence-electron chi connectivity index (χ4n) is 3.96. The number of carbonyl (C=O) groups is 3. The van der Waals surface area contributed by atoms with Gasteiger partial charge in [-0.05, 0) is 56.0 Å². The lowest BCUT2D eigenvalue weighted by Crippen LogP contribution is -2.17. The number of aromatic nitrogens is 1. The molecule has 3 aromatic rings. The van der Waals surface area contributed by atoms with E-state index in [9.17, 15) is 14.4 Å². The molecule has 0 bridgehead atoms. The Morgan fingerprint density at radius 2 is 2.00 bits per heavy atom. The van der Waals surface area contributed by atoms with Crippen LogP contribution in [0.1, 0.15) is 67.5 Å². The first-order valence-electron chi connectivity index (χ1n) is 10.7. The molecule has 2 aromatic heterocycles. The largest absolute Gasteiger partial charge is 0.497 e. The topological polar surface area (TPSA) is 108 Å². The van der Waals surface area contributed by atoms with Crippen LogP contribution in [-0.4, -0.2) is 36.5 Å². The van der Waals surface area contributed by atoms with Crippen LogP contribution in [0.5, 0.6) is 5.75 Å². The number of anilines is 1. The molecule has 33 heavy (non-hydrogen) atoms. The maximum atomic E-state index is 13.2. The summed E-state index contributed by atoms with van der Waals surface area (Å²) in [6.45, 7) is 5.31. The van der Waals surface area contributed by atoms with Crippen molar-refractivity contribution in [2.45, 2.75) is 40.0 Å². The fraction of sp³-hybridized carbons (Fsp3) is 0.333. The molecule has 1 amide bonds. The number of nitrogens with one attached hydrogen (secondary N) is 1. The Bertz CT molecular complexity index is 1260.